The molecule has 0 amide bonds. The van der Waals surface area contributed by atoms with Gasteiger partial charge < -0.3 is 10.8 Å². The van der Waals surface area contributed by atoms with Crippen LogP contribution in [0.3, 0.4) is 0 Å². The lowest BCUT2D eigenvalue weighted by molar-refractivity contribution is 0.0703. The molecule has 0 radical (unpaired) electrons. The molecule has 0 fully saturated rings. The number of halogens is 3. The Bertz CT molecular complexity index is 677. The van der Waals surface area contributed by atoms with Crippen LogP contribution in [0.25, 0.3) is 10.4 Å². The molecule has 0 saturated heterocycles. The van der Waals surface area contributed by atoms with Gasteiger partial charge in [0, 0.05) is 9.35 Å². The highest BCUT2D eigenvalue weighted by atomic mass is 79.9. The Morgan fingerprint density at radius 1 is 1.40 bits per heavy atom. The summed E-state index contributed by atoms with van der Waals surface area (Å²) in [5.41, 5.74) is 6.04. The van der Waals surface area contributed by atoms with Crippen molar-refractivity contribution in [3.8, 4) is 10.4 Å². The molecule has 2 aromatic rings. The standard InChI is InChI=1S/C13H10BrF2NO2S/c1-2-6-10(17)12(13(18)19)20-11(6)9-7(15)3-5(14)4-8(9)16/h3-4H,2,17H2,1H3,(H,18,19). The molecule has 3 nitrogen and oxygen atoms in total. The van der Waals surface area contributed by atoms with Gasteiger partial charge in [-0.3, -0.25) is 0 Å². The fourth-order valence-corrected chi connectivity index (χ4v) is 3.55. The maximum absolute atomic E-state index is 14.0. The third-order valence-corrected chi connectivity index (χ3v) is 4.54. The van der Waals surface area contributed by atoms with E-state index in [2.05, 4.69) is 15.9 Å². The van der Waals surface area contributed by atoms with E-state index in [1.807, 2.05) is 0 Å². The lowest BCUT2D eigenvalue weighted by atomic mass is 10.0. The van der Waals surface area contributed by atoms with Crippen molar-refractivity contribution in [2.75, 3.05) is 5.73 Å². The average molecular weight is 362 g/mol. The third kappa shape index (κ3) is 2.43. The second kappa shape index (κ2) is 5.49. The molecule has 0 spiro atoms. The number of hydrogen-bond donors (Lipinski definition) is 2. The van der Waals surface area contributed by atoms with E-state index in [1.165, 1.54) is 0 Å². The summed E-state index contributed by atoms with van der Waals surface area (Å²) < 4.78 is 28.3. The van der Waals surface area contributed by atoms with Gasteiger partial charge in [-0.05, 0) is 24.1 Å². The Morgan fingerprint density at radius 2 is 1.95 bits per heavy atom. The van der Waals surface area contributed by atoms with Crippen molar-refractivity contribution < 1.29 is 18.7 Å². The maximum atomic E-state index is 14.0. The van der Waals surface area contributed by atoms with Crippen LogP contribution in [0, 0.1) is 11.6 Å². The number of nitrogens with two attached hydrogens (primary N) is 1. The second-order valence-corrected chi connectivity index (χ2v) is 5.99. The lowest BCUT2D eigenvalue weighted by Crippen LogP contribution is -1.99. The van der Waals surface area contributed by atoms with Crippen LogP contribution in [-0.4, -0.2) is 11.1 Å². The molecule has 0 aliphatic rings. The summed E-state index contributed by atoms with van der Waals surface area (Å²) in [4.78, 5) is 11.2. The summed E-state index contributed by atoms with van der Waals surface area (Å²) in [6.07, 6.45) is 0.389. The fraction of sp³-hybridized carbons (Fsp3) is 0.154. The van der Waals surface area contributed by atoms with E-state index in [1.54, 1.807) is 6.92 Å². The van der Waals surface area contributed by atoms with Gasteiger partial charge in [-0.25, -0.2) is 13.6 Å². The fourth-order valence-electron chi connectivity index (χ4n) is 1.95. The van der Waals surface area contributed by atoms with Crippen molar-refractivity contribution in [1.82, 2.24) is 0 Å². The van der Waals surface area contributed by atoms with Crippen molar-refractivity contribution in [2.45, 2.75) is 13.3 Å². The summed E-state index contributed by atoms with van der Waals surface area (Å²) in [7, 11) is 0. The Hall–Kier alpha value is -1.47. The van der Waals surface area contributed by atoms with Gasteiger partial charge in [-0.2, -0.15) is 0 Å². The monoisotopic (exact) mass is 361 g/mol. The minimum atomic E-state index is -1.20. The third-order valence-electron chi connectivity index (χ3n) is 2.83. The van der Waals surface area contributed by atoms with Crippen molar-refractivity contribution in [3.63, 3.8) is 0 Å². The van der Waals surface area contributed by atoms with Gasteiger partial charge in [-0.1, -0.05) is 22.9 Å². The first-order valence-corrected chi connectivity index (χ1v) is 7.27. The molecule has 7 heteroatoms. The SMILES string of the molecule is CCc1c(-c2c(F)cc(Br)cc2F)sc(C(=O)O)c1N. The first-order chi connectivity index (χ1) is 9.36. The van der Waals surface area contributed by atoms with E-state index < -0.39 is 17.6 Å². The van der Waals surface area contributed by atoms with E-state index in [0.29, 0.717) is 12.0 Å². The van der Waals surface area contributed by atoms with Crippen molar-refractivity contribution in [1.29, 1.82) is 0 Å². The molecule has 3 N–H and O–H groups in total. The maximum Gasteiger partial charge on any atom is 0.348 e. The zero-order valence-electron chi connectivity index (χ0n) is 10.3. The average Bonchev–Trinajstić information content (AvgIpc) is 2.65. The highest BCUT2D eigenvalue weighted by molar-refractivity contribution is 9.10. The van der Waals surface area contributed by atoms with Crippen LogP contribution in [0.15, 0.2) is 16.6 Å². The normalized spacial score (nSPS) is 10.8. The first-order valence-electron chi connectivity index (χ1n) is 5.66. The zero-order chi connectivity index (χ0) is 15.0. The molecule has 0 aliphatic carbocycles. The molecule has 0 unspecified atom stereocenters. The number of anilines is 1. The highest BCUT2D eigenvalue weighted by Gasteiger charge is 2.24. The molecule has 0 saturated carbocycles. The summed E-state index contributed by atoms with van der Waals surface area (Å²) in [6.45, 7) is 1.75. The van der Waals surface area contributed by atoms with Gasteiger partial charge in [0.25, 0.3) is 0 Å². The van der Waals surface area contributed by atoms with E-state index in [-0.39, 0.29) is 25.5 Å². The van der Waals surface area contributed by atoms with Crippen LogP contribution in [0.5, 0.6) is 0 Å². The molecule has 1 aromatic heterocycles. The van der Waals surface area contributed by atoms with E-state index in [4.69, 9.17) is 10.8 Å². The topological polar surface area (TPSA) is 63.3 Å². The number of benzene rings is 1. The largest absolute Gasteiger partial charge is 0.477 e. The second-order valence-electron chi connectivity index (χ2n) is 4.06. The Labute approximate surface area is 126 Å². The molecule has 0 aliphatic heterocycles. The van der Waals surface area contributed by atoms with Crippen LogP contribution in [-0.2, 0) is 6.42 Å². The Morgan fingerprint density at radius 3 is 2.40 bits per heavy atom. The van der Waals surface area contributed by atoms with Gasteiger partial charge in [-0.15, -0.1) is 11.3 Å². The molecule has 1 heterocycles. The van der Waals surface area contributed by atoms with Gasteiger partial charge >= 0.3 is 5.97 Å². The number of nitrogen functional groups attached to an aromatic ring is 1. The Kier molecular flexibility index (Phi) is 4.10. The van der Waals surface area contributed by atoms with Gasteiger partial charge in [0.15, 0.2) is 0 Å². The molecule has 2 rings (SSSR count). The van der Waals surface area contributed by atoms with Crippen LogP contribution in [0.4, 0.5) is 14.5 Å². The van der Waals surface area contributed by atoms with Crippen molar-refractivity contribution in [2.24, 2.45) is 0 Å². The van der Waals surface area contributed by atoms with Crippen LogP contribution in [0.2, 0.25) is 0 Å². The molecular formula is C13H10BrF2NO2S. The predicted octanol–water partition coefficient (Wildman–Crippen LogP) is 4.30. The van der Waals surface area contributed by atoms with Crippen molar-refractivity contribution in [3.05, 3.63) is 38.7 Å². The number of hydrogen-bond acceptors (Lipinski definition) is 3. The number of thiophene rings is 1. The Balaban J connectivity index is 2.76. The van der Waals surface area contributed by atoms with Gasteiger partial charge in [0.2, 0.25) is 0 Å². The first kappa shape index (κ1) is 14.9. The molecule has 0 bridgehead atoms. The molecular weight excluding hydrogens is 352 g/mol. The molecule has 1 aromatic carbocycles. The molecule has 20 heavy (non-hydrogen) atoms. The molecule has 106 valence electrons. The summed E-state index contributed by atoms with van der Waals surface area (Å²) >= 11 is 3.79. The quantitative estimate of drug-likeness (QED) is 0.856. The number of carboxylic acids is 1. The molecule has 0 atom stereocenters. The van der Waals surface area contributed by atoms with Gasteiger partial charge in [0.1, 0.15) is 16.5 Å². The summed E-state index contributed by atoms with van der Waals surface area (Å²) in [5, 5.41) is 9.06. The minimum absolute atomic E-state index is 0.0710. The van der Waals surface area contributed by atoms with Crippen LogP contribution < -0.4 is 5.73 Å². The predicted molar refractivity (Wildman–Crippen MR) is 78.1 cm³/mol. The van der Waals surface area contributed by atoms with Crippen LogP contribution >= 0.6 is 27.3 Å². The zero-order valence-corrected chi connectivity index (χ0v) is 12.7. The van der Waals surface area contributed by atoms with E-state index in [0.717, 1.165) is 23.5 Å². The minimum Gasteiger partial charge on any atom is -0.477 e. The highest BCUT2D eigenvalue weighted by Crippen LogP contribution is 2.41. The van der Waals surface area contributed by atoms with E-state index >= 15 is 0 Å². The summed E-state index contributed by atoms with van der Waals surface area (Å²) in [5.74, 6) is -2.72. The van der Waals surface area contributed by atoms with Gasteiger partial charge in [0.05, 0.1) is 11.3 Å². The van der Waals surface area contributed by atoms with Crippen molar-refractivity contribution >= 4 is 38.9 Å². The smallest absolute Gasteiger partial charge is 0.348 e. The number of carbonyl (C=O) groups is 1. The lowest BCUT2D eigenvalue weighted by Gasteiger charge is -2.06. The van der Waals surface area contributed by atoms with Crippen LogP contribution in [0.1, 0.15) is 22.2 Å². The number of rotatable bonds is 3. The number of aromatic carboxylic acids is 1. The summed E-state index contributed by atoms with van der Waals surface area (Å²) in [6, 6.07) is 2.27. The van der Waals surface area contributed by atoms with E-state index in [9.17, 15) is 13.6 Å². The number of carboxylic acid groups (broad SMARTS) is 1.